The summed E-state index contributed by atoms with van der Waals surface area (Å²) >= 11 is 0. The van der Waals surface area contributed by atoms with Gasteiger partial charge in [-0.2, -0.15) is 4.98 Å². The molecule has 26 nitrogen and oxygen atoms in total. The van der Waals surface area contributed by atoms with E-state index in [1.165, 1.54) is 30.1 Å². The molecule has 0 unspecified atom stereocenters. The van der Waals surface area contributed by atoms with Crippen molar-refractivity contribution in [3.8, 4) is 17.2 Å². The summed E-state index contributed by atoms with van der Waals surface area (Å²) in [5, 5.41) is 38.4. The standard InChI is InChI=1S/C54H79N11O15/c1-35-20-44(67)61-40-24-38(11-12-39(35)40)60-46(69)27-64(29-48(72)73)32-54(4,5)34-65(30-49(74)75)33-53(2,3)31-63(28-47(70)71)26-45(68)58-14-17-79-19-18-78-16-13-57-43(66)10-8-9-15-80-50-41(76-6)22-36(23-42(50)77-7)21-37-25-59-52(56)62-51(37)55/h11-12,20,22-25H,8-10,13-19,21,26-34H2,1-7H3,(H,57,66)(H,58,68)(H,60,69)(H,61,67)(H,70,71)(H,72,73)(H,74,75)(H4,55,56,59,62). The van der Waals surface area contributed by atoms with E-state index >= 15 is 0 Å². The molecule has 0 aliphatic heterocycles. The number of nitrogens with two attached hydrogens (primary N) is 2. The number of nitrogens with one attached hydrogen (secondary N) is 4. The molecule has 2 aromatic carbocycles. The summed E-state index contributed by atoms with van der Waals surface area (Å²) in [5.41, 5.74) is 13.1. The molecule has 0 atom stereocenters. The lowest BCUT2D eigenvalue weighted by molar-refractivity contribution is -0.140. The number of carbonyl (C=O) groups excluding carboxylic acids is 3. The van der Waals surface area contributed by atoms with Crippen molar-refractivity contribution in [3.63, 3.8) is 0 Å². The van der Waals surface area contributed by atoms with E-state index in [-0.39, 0.29) is 108 Å². The lowest BCUT2D eigenvalue weighted by Crippen LogP contribution is -2.51. The fraction of sp³-hybridized carbons (Fsp3) is 0.537. The molecule has 26 heteroatoms. The number of carboxylic acids is 3. The number of aromatic amines is 1. The van der Waals surface area contributed by atoms with Crippen LogP contribution in [0.1, 0.15) is 63.6 Å². The van der Waals surface area contributed by atoms with Crippen LogP contribution in [0.15, 0.2) is 47.4 Å². The average molecular weight is 1120 g/mol. The van der Waals surface area contributed by atoms with Crippen molar-refractivity contribution in [2.24, 2.45) is 10.8 Å². The number of methoxy groups -OCH3 is 2. The minimum Gasteiger partial charge on any atom is -0.493 e. The van der Waals surface area contributed by atoms with E-state index in [4.69, 9.17) is 35.2 Å². The molecule has 4 aromatic rings. The number of benzene rings is 2. The number of anilines is 3. The van der Waals surface area contributed by atoms with Crippen molar-refractivity contribution >= 4 is 64.0 Å². The van der Waals surface area contributed by atoms with E-state index in [2.05, 4.69) is 30.9 Å². The van der Waals surface area contributed by atoms with Crippen LogP contribution in [0, 0.1) is 17.8 Å². The predicted molar refractivity (Wildman–Crippen MR) is 298 cm³/mol. The van der Waals surface area contributed by atoms with E-state index in [1.54, 1.807) is 36.2 Å². The molecule has 0 radical (unpaired) electrons. The number of nitrogens with zero attached hydrogens (tertiary/aromatic N) is 5. The number of carboxylic acid groups (broad SMARTS) is 3. The van der Waals surface area contributed by atoms with Gasteiger partial charge in [0.25, 0.3) is 0 Å². The largest absolute Gasteiger partial charge is 0.493 e. The molecule has 0 aliphatic rings. The number of aliphatic carboxylic acids is 3. The maximum atomic E-state index is 13.2. The smallest absolute Gasteiger partial charge is 0.317 e. The fourth-order valence-electron chi connectivity index (χ4n) is 9.24. The van der Waals surface area contributed by atoms with Crippen LogP contribution in [0.2, 0.25) is 0 Å². The first kappa shape index (κ1) is 64.9. The zero-order chi connectivity index (χ0) is 59.0. The van der Waals surface area contributed by atoms with Crippen LogP contribution in [0.5, 0.6) is 17.2 Å². The Balaban J connectivity index is 1.12. The second kappa shape index (κ2) is 31.8. The third kappa shape index (κ3) is 23.8. The fourth-order valence-corrected chi connectivity index (χ4v) is 9.24. The van der Waals surface area contributed by atoms with Gasteiger partial charge in [0, 0.05) is 81.0 Å². The molecular formula is C54H79N11O15. The van der Waals surface area contributed by atoms with Crippen LogP contribution in [-0.2, 0) is 44.7 Å². The van der Waals surface area contributed by atoms with E-state index < -0.39 is 53.6 Å². The number of nitrogen functional groups attached to an aromatic ring is 2. The number of ether oxygens (including phenoxy) is 5. The van der Waals surface area contributed by atoms with Gasteiger partial charge in [0.15, 0.2) is 11.5 Å². The van der Waals surface area contributed by atoms with Crippen LogP contribution in [0.25, 0.3) is 10.9 Å². The molecule has 80 heavy (non-hydrogen) atoms. The molecule has 3 amide bonds. The van der Waals surface area contributed by atoms with Gasteiger partial charge in [0.2, 0.25) is 35.0 Å². The monoisotopic (exact) mass is 1120 g/mol. The molecule has 0 aliphatic carbocycles. The Labute approximate surface area is 464 Å². The van der Waals surface area contributed by atoms with E-state index in [0.29, 0.717) is 66.4 Å². The van der Waals surface area contributed by atoms with Crippen LogP contribution in [0.4, 0.5) is 17.5 Å². The highest BCUT2D eigenvalue weighted by molar-refractivity contribution is 5.95. The Hall–Kier alpha value is -7.65. The van der Waals surface area contributed by atoms with Crippen LogP contribution in [0.3, 0.4) is 0 Å². The molecular weight excluding hydrogens is 1040 g/mol. The predicted octanol–water partition coefficient (Wildman–Crippen LogP) is 2.06. The minimum atomic E-state index is -1.17. The van der Waals surface area contributed by atoms with E-state index in [9.17, 15) is 48.9 Å². The number of pyridine rings is 1. The summed E-state index contributed by atoms with van der Waals surface area (Å²) in [5.74, 6) is -2.75. The second-order valence-electron chi connectivity index (χ2n) is 20.9. The third-order valence-corrected chi connectivity index (χ3v) is 12.1. The van der Waals surface area contributed by atoms with Crippen LogP contribution < -0.4 is 47.2 Å². The number of fused-ring (bicyclic) bond motifs is 1. The van der Waals surface area contributed by atoms with Crippen molar-refractivity contribution in [3.05, 3.63) is 69.6 Å². The number of rotatable bonds is 38. The number of aryl methyl sites for hydroxylation is 1. The highest BCUT2D eigenvalue weighted by atomic mass is 16.5. The molecule has 4 rings (SSSR count). The second-order valence-corrected chi connectivity index (χ2v) is 20.9. The van der Waals surface area contributed by atoms with Gasteiger partial charge in [-0.15, -0.1) is 0 Å². The summed E-state index contributed by atoms with van der Waals surface area (Å²) < 4.78 is 28.3. The number of H-pyrrole nitrogens is 1. The molecule has 2 aromatic heterocycles. The van der Waals surface area contributed by atoms with Crippen LogP contribution in [-0.4, -0.2) is 200 Å². The Morgan fingerprint density at radius 1 is 0.675 bits per heavy atom. The maximum absolute atomic E-state index is 13.2. The Morgan fingerprint density at radius 3 is 1.76 bits per heavy atom. The molecule has 0 spiro atoms. The number of amides is 3. The van der Waals surface area contributed by atoms with Gasteiger partial charge in [-0.1, -0.05) is 33.8 Å². The van der Waals surface area contributed by atoms with Crippen molar-refractivity contribution in [1.29, 1.82) is 0 Å². The summed E-state index contributed by atoms with van der Waals surface area (Å²) in [6.07, 6.45) is 3.45. The molecule has 0 fully saturated rings. The topological polar surface area (TPSA) is 366 Å². The summed E-state index contributed by atoms with van der Waals surface area (Å²) in [4.78, 5) is 102. The van der Waals surface area contributed by atoms with Gasteiger partial charge in [-0.25, -0.2) is 4.98 Å². The first-order valence-corrected chi connectivity index (χ1v) is 26.0. The minimum absolute atomic E-state index is 0.0879. The normalized spacial score (nSPS) is 11.7. The third-order valence-electron chi connectivity index (χ3n) is 12.1. The van der Waals surface area contributed by atoms with Gasteiger partial charge in [0.05, 0.1) is 85.5 Å². The van der Waals surface area contributed by atoms with Crippen molar-refractivity contribution in [2.75, 3.05) is 136 Å². The SMILES string of the molecule is COc1cc(Cc2cnc(N)nc2N)cc(OC)c1OCCCCC(=O)NCCOCCOCCNC(=O)CN(CC(=O)O)CC(C)(C)CN(CC(=O)O)CC(C)(C)CN(CC(=O)O)CC(=O)Nc1ccc2c(C)cc(=O)[nH]c2c1. The first-order valence-electron chi connectivity index (χ1n) is 26.0. The molecule has 440 valence electrons. The summed E-state index contributed by atoms with van der Waals surface area (Å²) in [6.45, 7) is 9.38. The zero-order valence-corrected chi connectivity index (χ0v) is 46.8. The molecule has 11 N–H and O–H groups in total. The summed E-state index contributed by atoms with van der Waals surface area (Å²) in [6, 6.07) is 10.2. The Bertz CT molecular complexity index is 2770. The highest BCUT2D eigenvalue weighted by Crippen LogP contribution is 2.39. The number of carbonyl (C=O) groups is 6. The first-order chi connectivity index (χ1) is 37.8. The summed E-state index contributed by atoms with van der Waals surface area (Å²) in [7, 11) is 3.06. The molecule has 2 heterocycles. The van der Waals surface area contributed by atoms with Crippen molar-refractivity contribution < 1.29 is 67.8 Å². The van der Waals surface area contributed by atoms with Gasteiger partial charge in [-0.3, -0.25) is 48.3 Å². The zero-order valence-electron chi connectivity index (χ0n) is 46.8. The maximum Gasteiger partial charge on any atom is 0.317 e. The average Bonchev–Trinajstić information content (AvgIpc) is 3.33. The van der Waals surface area contributed by atoms with Gasteiger partial charge < -0.3 is 71.4 Å². The quantitative estimate of drug-likeness (QED) is 0.0290. The lowest BCUT2D eigenvalue weighted by Gasteiger charge is -2.40. The van der Waals surface area contributed by atoms with E-state index in [0.717, 1.165) is 16.5 Å². The highest BCUT2D eigenvalue weighted by Gasteiger charge is 2.33. The number of unbranched alkanes of at least 4 members (excludes halogenated alkanes) is 1. The Kier molecular flexibility index (Phi) is 25.8. The van der Waals surface area contributed by atoms with Gasteiger partial charge in [-0.05, 0) is 66.0 Å². The van der Waals surface area contributed by atoms with Crippen molar-refractivity contribution in [1.82, 2.24) is 40.3 Å². The number of aromatic nitrogens is 3. The van der Waals surface area contributed by atoms with Crippen LogP contribution >= 0.6 is 0 Å². The van der Waals surface area contributed by atoms with Gasteiger partial charge in [0.1, 0.15) is 5.82 Å². The number of hydrogen-bond acceptors (Lipinski definition) is 19. The molecule has 0 saturated heterocycles. The lowest BCUT2D eigenvalue weighted by atomic mass is 9.88. The Morgan fingerprint density at radius 2 is 1.21 bits per heavy atom. The number of hydrogen-bond donors (Lipinski definition) is 9. The molecule has 0 bridgehead atoms. The van der Waals surface area contributed by atoms with Gasteiger partial charge >= 0.3 is 17.9 Å². The van der Waals surface area contributed by atoms with E-state index in [1.807, 2.05) is 39.8 Å². The van der Waals surface area contributed by atoms with Crippen molar-refractivity contribution in [2.45, 2.75) is 60.3 Å². The molecule has 0 saturated carbocycles.